The Morgan fingerprint density at radius 2 is 2.29 bits per heavy atom. The Hall–Kier alpha value is -0.920. The molecule has 0 bridgehead atoms. The van der Waals surface area contributed by atoms with Gasteiger partial charge >= 0.3 is 0 Å². The lowest BCUT2D eigenvalue weighted by atomic mass is 10.2. The molecule has 116 valence electrons. The average Bonchev–Trinajstić information content (AvgIpc) is 2.95. The normalized spacial score (nSPS) is 14.3. The van der Waals surface area contributed by atoms with Gasteiger partial charge in [0.1, 0.15) is 6.29 Å². The molecule has 0 saturated carbocycles. The van der Waals surface area contributed by atoms with Gasteiger partial charge in [-0.3, -0.25) is 4.79 Å². The summed E-state index contributed by atoms with van der Waals surface area (Å²) in [6.07, 6.45) is 5.33. The van der Waals surface area contributed by atoms with Gasteiger partial charge in [0, 0.05) is 14.7 Å². The molecule has 0 aliphatic carbocycles. The van der Waals surface area contributed by atoms with Crippen molar-refractivity contribution in [2.45, 2.75) is 13.0 Å². The standard InChI is InChI=1S/C15H20O4S2/c1-11(18)13-5-6-14(21-13)15(20-2)12(4-3-7-16)10-19-9-8-17/h3-7,11,17-18H,8-10H2,1-2H3/b4-3+,15-12+. The summed E-state index contributed by atoms with van der Waals surface area (Å²) in [5.74, 6) is 0. The van der Waals surface area contributed by atoms with Crippen LogP contribution < -0.4 is 0 Å². The molecule has 0 aromatic carbocycles. The summed E-state index contributed by atoms with van der Waals surface area (Å²) in [6.45, 7) is 2.27. The zero-order chi connectivity index (χ0) is 15.7. The van der Waals surface area contributed by atoms with Crippen molar-refractivity contribution >= 4 is 34.3 Å². The van der Waals surface area contributed by atoms with Crippen LogP contribution in [0, 0.1) is 0 Å². The fourth-order valence-electron chi connectivity index (χ4n) is 1.68. The van der Waals surface area contributed by atoms with E-state index in [9.17, 15) is 9.90 Å². The van der Waals surface area contributed by atoms with Gasteiger partial charge in [0.15, 0.2) is 0 Å². The van der Waals surface area contributed by atoms with Crippen molar-refractivity contribution in [3.63, 3.8) is 0 Å². The van der Waals surface area contributed by atoms with E-state index in [1.165, 1.54) is 17.4 Å². The number of allylic oxidation sites excluding steroid dienone is 1. The van der Waals surface area contributed by atoms with Gasteiger partial charge in [-0.25, -0.2) is 0 Å². The Labute approximate surface area is 133 Å². The number of thiophene rings is 1. The van der Waals surface area contributed by atoms with Crippen molar-refractivity contribution in [2.24, 2.45) is 0 Å². The first-order chi connectivity index (χ1) is 10.1. The summed E-state index contributed by atoms with van der Waals surface area (Å²) < 4.78 is 5.37. The molecule has 1 atom stereocenters. The Kier molecular flexibility index (Phi) is 8.56. The maximum Gasteiger partial charge on any atom is 0.142 e. The third-order valence-electron chi connectivity index (χ3n) is 2.63. The molecular formula is C15H20O4S2. The highest BCUT2D eigenvalue weighted by atomic mass is 32.2. The third-order valence-corrected chi connectivity index (χ3v) is 4.92. The Morgan fingerprint density at radius 3 is 2.81 bits per heavy atom. The Balaban J connectivity index is 3.09. The fraction of sp³-hybridized carbons (Fsp3) is 0.400. The minimum atomic E-state index is -0.494. The molecule has 0 spiro atoms. The van der Waals surface area contributed by atoms with E-state index >= 15 is 0 Å². The average molecular weight is 328 g/mol. The number of hydrogen-bond donors (Lipinski definition) is 2. The van der Waals surface area contributed by atoms with Crippen molar-refractivity contribution in [1.29, 1.82) is 0 Å². The van der Waals surface area contributed by atoms with Crippen molar-refractivity contribution in [2.75, 3.05) is 26.1 Å². The lowest BCUT2D eigenvalue weighted by Gasteiger charge is -2.10. The minimum absolute atomic E-state index is 0.0372. The number of aliphatic hydroxyl groups is 2. The molecule has 1 unspecified atom stereocenters. The van der Waals surface area contributed by atoms with Crippen LogP contribution in [-0.2, 0) is 9.53 Å². The van der Waals surface area contributed by atoms with Crippen LogP contribution in [0.25, 0.3) is 4.91 Å². The lowest BCUT2D eigenvalue weighted by Crippen LogP contribution is -2.03. The van der Waals surface area contributed by atoms with E-state index in [0.717, 1.165) is 26.5 Å². The molecule has 4 nitrogen and oxygen atoms in total. The molecule has 1 aromatic heterocycles. The van der Waals surface area contributed by atoms with Crippen molar-refractivity contribution in [3.8, 4) is 0 Å². The van der Waals surface area contributed by atoms with Crippen LogP contribution >= 0.6 is 23.1 Å². The molecule has 21 heavy (non-hydrogen) atoms. The summed E-state index contributed by atoms with van der Waals surface area (Å²) >= 11 is 3.08. The van der Waals surface area contributed by atoms with E-state index in [1.54, 1.807) is 24.8 Å². The van der Waals surface area contributed by atoms with Gasteiger partial charge in [-0.1, -0.05) is 6.08 Å². The predicted molar refractivity (Wildman–Crippen MR) is 88.5 cm³/mol. The predicted octanol–water partition coefficient (Wildman–Crippen LogP) is 2.64. The van der Waals surface area contributed by atoms with Crippen LogP contribution in [0.4, 0.5) is 0 Å². The van der Waals surface area contributed by atoms with Crippen LogP contribution in [0.1, 0.15) is 22.8 Å². The van der Waals surface area contributed by atoms with Crippen LogP contribution in [0.3, 0.4) is 0 Å². The Morgan fingerprint density at radius 1 is 1.52 bits per heavy atom. The van der Waals surface area contributed by atoms with E-state index in [0.29, 0.717) is 6.61 Å². The number of aldehydes is 1. The molecule has 1 aromatic rings. The number of hydrogen-bond acceptors (Lipinski definition) is 6. The van der Waals surface area contributed by atoms with Gasteiger partial charge in [0.05, 0.1) is 25.9 Å². The molecule has 2 N–H and O–H groups in total. The second-order valence-corrected chi connectivity index (χ2v) is 6.14. The molecule has 0 saturated heterocycles. The number of carbonyl (C=O) groups is 1. The van der Waals surface area contributed by atoms with Crippen molar-refractivity contribution in [3.05, 3.63) is 39.6 Å². The van der Waals surface area contributed by atoms with Crippen LogP contribution in [0.5, 0.6) is 0 Å². The number of thioether (sulfide) groups is 1. The van der Waals surface area contributed by atoms with E-state index in [2.05, 4.69) is 0 Å². The number of rotatable bonds is 9. The van der Waals surface area contributed by atoms with Crippen LogP contribution in [0.15, 0.2) is 29.9 Å². The van der Waals surface area contributed by atoms with Crippen molar-refractivity contribution in [1.82, 2.24) is 0 Å². The number of carbonyl (C=O) groups excluding carboxylic acids is 1. The summed E-state index contributed by atoms with van der Waals surface area (Å²) in [6, 6.07) is 3.86. The first-order valence-electron chi connectivity index (χ1n) is 6.49. The molecule has 0 fully saturated rings. The highest BCUT2D eigenvalue weighted by molar-refractivity contribution is 8.07. The quantitative estimate of drug-likeness (QED) is 0.316. The number of ether oxygens (including phenoxy) is 1. The van der Waals surface area contributed by atoms with Crippen LogP contribution in [0.2, 0.25) is 0 Å². The van der Waals surface area contributed by atoms with Gasteiger partial charge in [0.2, 0.25) is 0 Å². The fourth-order valence-corrected chi connectivity index (χ4v) is 3.63. The van der Waals surface area contributed by atoms with Gasteiger partial charge in [-0.2, -0.15) is 0 Å². The third kappa shape index (κ3) is 5.76. The van der Waals surface area contributed by atoms with Crippen molar-refractivity contribution < 1.29 is 19.7 Å². The molecule has 0 aliphatic rings. The first kappa shape index (κ1) is 18.1. The molecule has 0 radical (unpaired) electrons. The molecule has 0 amide bonds. The molecule has 6 heteroatoms. The van der Waals surface area contributed by atoms with E-state index in [1.807, 2.05) is 18.4 Å². The number of aliphatic hydroxyl groups excluding tert-OH is 2. The zero-order valence-electron chi connectivity index (χ0n) is 12.1. The maximum absolute atomic E-state index is 10.6. The molecule has 1 rings (SSSR count). The maximum atomic E-state index is 10.6. The summed E-state index contributed by atoms with van der Waals surface area (Å²) in [5, 5.41) is 18.4. The molecule has 0 aliphatic heterocycles. The molecule has 1 heterocycles. The topological polar surface area (TPSA) is 66.8 Å². The first-order valence-corrected chi connectivity index (χ1v) is 8.53. The second-order valence-electron chi connectivity index (χ2n) is 4.21. The van der Waals surface area contributed by atoms with Gasteiger partial charge in [-0.05, 0) is 37.0 Å². The summed E-state index contributed by atoms with van der Waals surface area (Å²) in [4.78, 5) is 13.5. The summed E-state index contributed by atoms with van der Waals surface area (Å²) in [7, 11) is 0. The van der Waals surface area contributed by atoms with E-state index < -0.39 is 6.10 Å². The summed E-state index contributed by atoms with van der Waals surface area (Å²) in [5.41, 5.74) is 0.877. The zero-order valence-corrected chi connectivity index (χ0v) is 13.7. The van der Waals surface area contributed by atoms with E-state index in [4.69, 9.17) is 9.84 Å². The van der Waals surface area contributed by atoms with Gasteiger partial charge in [0.25, 0.3) is 0 Å². The van der Waals surface area contributed by atoms with E-state index in [-0.39, 0.29) is 13.2 Å². The van der Waals surface area contributed by atoms with Crippen LogP contribution in [-0.4, -0.2) is 42.6 Å². The highest BCUT2D eigenvalue weighted by Crippen LogP contribution is 2.36. The largest absolute Gasteiger partial charge is 0.394 e. The lowest BCUT2D eigenvalue weighted by molar-refractivity contribution is -0.104. The monoisotopic (exact) mass is 328 g/mol. The Bertz CT molecular complexity index is 504. The second kappa shape index (κ2) is 9.92. The highest BCUT2D eigenvalue weighted by Gasteiger charge is 2.12. The smallest absolute Gasteiger partial charge is 0.142 e. The molecular weight excluding hydrogens is 308 g/mol. The van der Waals surface area contributed by atoms with Gasteiger partial charge < -0.3 is 14.9 Å². The minimum Gasteiger partial charge on any atom is -0.394 e. The SMILES string of the molecule is CS/C(=C(\C=C\C=O)COCCO)c1ccc(C(C)O)s1. The van der Waals surface area contributed by atoms with Gasteiger partial charge in [-0.15, -0.1) is 23.1 Å².